The van der Waals surface area contributed by atoms with Crippen molar-refractivity contribution in [2.24, 2.45) is 5.92 Å². The molecule has 108 valence electrons. The van der Waals surface area contributed by atoms with Gasteiger partial charge in [-0.1, -0.05) is 48.8 Å². The smallest absolute Gasteiger partial charge is 0.218 e. The van der Waals surface area contributed by atoms with Crippen molar-refractivity contribution in [3.05, 3.63) is 29.8 Å². The number of hydrogen-bond acceptors (Lipinski definition) is 2. The van der Waals surface area contributed by atoms with Gasteiger partial charge >= 0.3 is 5.76 Å². The number of alkyl halides is 3. The van der Waals surface area contributed by atoms with Gasteiger partial charge in [0.2, 0.25) is 9.84 Å². The van der Waals surface area contributed by atoms with Crippen LogP contribution in [0.2, 0.25) is 0 Å². The van der Waals surface area contributed by atoms with Crippen molar-refractivity contribution < 1.29 is 17.2 Å². The Kier molecular flexibility index (Phi) is 5.50. The first-order chi connectivity index (χ1) is 8.67. The molecular formula is C13H17BrF2O2S. The first kappa shape index (κ1) is 16.6. The zero-order chi connectivity index (χ0) is 14.8. The van der Waals surface area contributed by atoms with E-state index in [-0.39, 0.29) is 15.6 Å². The Morgan fingerprint density at radius 1 is 1.05 bits per heavy atom. The normalized spacial score (nSPS) is 15.8. The fourth-order valence-corrected chi connectivity index (χ4v) is 3.80. The van der Waals surface area contributed by atoms with Gasteiger partial charge in [0.25, 0.3) is 0 Å². The summed E-state index contributed by atoms with van der Waals surface area (Å²) in [4.78, 5) is -0.124. The van der Waals surface area contributed by atoms with Crippen LogP contribution in [0.1, 0.15) is 32.3 Å². The quantitative estimate of drug-likeness (QED) is 0.742. The Morgan fingerprint density at radius 2 is 1.53 bits per heavy atom. The summed E-state index contributed by atoms with van der Waals surface area (Å²) < 4.78 is 47.5. The number of hydrogen-bond donors (Lipinski definition) is 0. The average Bonchev–Trinajstić information content (AvgIpc) is 2.28. The minimum absolute atomic E-state index is 0.198. The van der Waals surface area contributed by atoms with Crippen LogP contribution in [0.3, 0.4) is 0 Å². The third kappa shape index (κ3) is 3.75. The second-order valence-corrected chi connectivity index (χ2v) is 8.18. The van der Waals surface area contributed by atoms with Crippen molar-refractivity contribution in [3.63, 3.8) is 0 Å². The van der Waals surface area contributed by atoms with Gasteiger partial charge < -0.3 is 0 Å². The molecule has 0 amide bonds. The molecule has 0 heterocycles. The van der Waals surface area contributed by atoms with Crippen LogP contribution in [0.25, 0.3) is 0 Å². The van der Waals surface area contributed by atoms with Crippen molar-refractivity contribution in [2.45, 2.75) is 42.2 Å². The molecule has 0 bridgehead atoms. The van der Waals surface area contributed by atoms with Crippen LogP contribution >= 0.6 is 15.9 Å². The maximum atomic E-state index is 12.4. The predicted octanol–water partition coefficient (Wildman–Crippen LogP) is 4.21. The molecule has 0 aromatic heterocycles. The Labute approximate surface area is 121 Å². The van der Waals surface area contributed by atoms with E-state index in [0.29, 0.717) is 5.92 Å². The van der Waals surface area contributed by atoms with Crippen LogP contribution in [0, 0.1) is 5.92 Å². The topological polar surface area (TPSA) is 34.1 Å². The van der Waals surface area contributed by atoms with Gasteiger partial charge in [-0.15, -0.1) is 0 Å². The Balaban J connectivity index is 3.12. The van der Waals surface area contributed by atoms with E-state index >= 15 is 0 Å². The van der Waals surface area contributed by atoms with Crippen molar-refractivity contribution in [2.75, 3.05) is 0 Å². The molecule has 0 aliphatic carbocycles. The lowest BCUT2D eigenvalue weighted by Gasteiger charge is -2.24. The molecule has 1 aromatic carbocycles. The van der Waals surface area contributed by atoms with Crippen molar-refractivity contribution in [1.29, 1.82) is 0 Å². The lowest BCUT2D eigenvalue weighted by molar-refractivity contribution is 0.234. The maximum absolute atomic E-state index is 12.4. The van der Waals surface area contributed by atoms with Gasteiger partial charge in [-0.3, -0.25) is 0 Å². The number of halogens is 3. The molecule has 2 atom stereocenters. The highest BCUT2D eigenvalue weighted by Crippen LogP contribution is 2.32. The molecule has 0 aliphatic rings. The van der Waals surface area contributed by atoms with Crippen LogP contribution in [0.15, 0.2) is 29.2 Å². The summed E-state index contributed by atoms with van der Waals surface area (Å²) in [6.07, 6.45) is 0. The SMILES string of the molecule is CC(C)C(c1ccc(S(=O)(=O)C(F)F)cc1)C(C)Br. The maximum Gasteiger partial charge on any atom is 0.341 e. The fourth-order valence-electron chi connectivity index (χ4n) is 2.16. The van der Waals surface area contributed by atoms with E-state index < -0.39 is 15.6 Å². The number of benzene rings is 1. The van der Waals surface area contributed by atoms with Gasteiger partial charge in [0, 0.05) is 4.83 Å². The highest BCUT2D eigenvalue weighted by atomic mass is 79.9. The molecule has 19 heavy (non-hydrogen) atoms. The summed E-state index contributed by atoms with van der Waals surface area (Å²) >= 11 is 3.52. The molecular weight excluding hydrogens is 338 g/mol. The summed E-state index contributed by atoms with van der Waals surface area (Å²) in [5.74, 6) is -2.83. The predicted molar refractivity (Wildman–Crippen MR) is 75.6 cm³/mol. The standard InChI is InChI=1S/C13H17BrF2O2S/c1-8(2)12(9(3)14)10-4-6-11(7-5-10)19(17,18)13(15)16/h4-9,12-13H,1-3H3. The van der Waals surface area contributed by atoms with Crippen LogP contribution in [0.5, 0.6) is 0 Å². The summed E-state index contributed by atoms with van der Waals surface area (Å²) in [5, 5.41) is 0. The molecule has 2 unspecified atom stereocenters. The van der Waals surface area contributed by atoms with E-state index in [1.165, 1.54) is 12.1 Å². The second kappa shape index (κ2) is 6.31. The first-order valence-corrected chi connectivity index (χ1v) is 8.40. The minimum atomic E-state index is -4.50. The minimum Gasteiger partial charge on any atom is -0.218 e. The van der Waals surface area contributed by atoms with Gasteiger partial charge in [-0.25, -0.2) is 8.42 Å². The third-order valence-electron chi connectivity index (χ3n) is 3.04. The monoisotopic (exact) mass is 354 g/mol. The highest BCUT2D eigenvalue weighted by molar-refractivity contribution is 9.09. The molecule has 0 saturated carbocycles. The highest BCUT2D eigenvalue weighted by Gasteiger charge is 2.27. The largest absolute Gasteiger partial charge is 0.341 e. The third-order valence-corrected chi connectivity index (χ3v) is 5.01. The van der Waals surface area contributed by atoms with E-state index in [2.05, 4.69) is 29.8 Å². The second-order valence-electron chi connectivity index (χ2n) is 4.82. The van der Waals surface area contributed by atoms with E-state index in [1.54, 1.807) is 12.1 Å². The summed E-state index contributed by atoms with van der Waals surface area (Å²) in [7, 11) is -4.50. The zero-order valence-corrected chi connectivity index (χ0v) is 13.4. The van der Waals surface area contributed by atoms with Crippen LogP contribution in [-0.2, 0) is 9.84 Å². The van der Waals surface area contributed by atoms with E-state index in [4.69, 9.17) is 0 Å². The number of rotatable bonds is 5. The molecule has 0 radical (unpaired) electrons. The molecule has 1 aromatic rings. The van der Waals surface area contributed by atoms with Crippen molar-refractivity contribution in [3.8, 4) is 0 Å². The lowest BCUT2D eigenvalue weighted by atomic mass is 9.86. The zero-order valence-electron chi connectivity index (χ0n) is 11.0. The molecule has 0 N–H and O–H groups in total. The van der Waals surface area contributed by atoms with Crippen molar-refractivity contribution >= 4 is 25.8 Å². The van der Waals surface area contributed by atoms with Crippen LogP contribution in [0.4, 0.5) is 8.78 Å². The Morgan fingerprint density at radius 3 is 1.84 bits per heavy atom. The molecule has 0 fully saturated rings. The van der Waals surface area contributed by atoms with Gasteiger partial charge in [-0.2, -0.15) is 8.78 Å². The van der Waals surface area contributed by atoms with Gasteiger partial charge in [-0.05, 0) is 29.5 Å². The van der Waals surface area contributed by atoms with E-state index in [0.717, 1.165) is 5.56 Å². The fraction of sp³-hybridized carbons (Fsp3) is 0.538. The average molecular weight is 355 g/mol. The Hall–Kier alpha value is -0.490. The first-order valence-electron chi connectivity index (χ1n) is 5.94. The summed E-state index contributed by atoms with van der Waals surface area (Å²) in [5.41, 5.74) is 0.938. The van der Waals surface area contributed by atoms with Gasteiger partial charge in [0.15, 0.2) is 0 Å². The van der Waals surface area contributed by atoms with Crippen molar-refractivity contribution in [1.82, 2.24) is 0 Å². The number of sulfone groups is 1. The van der Waals surface area contributed by atoms with Crippen LogP contribution < -0.4 is 0 Å². The van der Waals surface area contributed by atoms with Gasteiger partial charge in [0.1, 0.15) is 0 Å². The molecule has 6 heteroatoms. The molecule has 0 saturated heterocycles. The molecule has 2 nitrogen and oxygen atoms in total. The molecule has 0 spiro atoms. The molecule has 0 aliphatic heterocycles. The summed E-state index contributed by atoms with van der Waals surface area (Å²) in [6, 6.07) is 5.72. The van der Waals surface area contributed by atoms with E-state index in [1.807, 2.05) is 6.92 Å². The lowest BCUT2D eigenvalue weighted by Crippen LogP contribution is -2.16. The Bertz CT molecular complexity index is 502. The summed E-state index contributed by atoms with van der Waals surface area (Å²) in [6.45, 7) is 6.13. The molecule has 1 rings (SSSR count). The van der Waals surface area contributed by atoms with Gasteiger partial charge in [0.05, 0.1) is 4.90 Å². The van der Waals surface area contributed by atoms with E-state index in [9.17, 15) is 17.2 Å². The van der Waals surface area contributed by atoms with Crippen LogP contribution in [-0.4, -0.2) is 19.0 Å².